The lowest BCUT2D eigenvalue weighted by atomic mass is 10.2. The summed E-state index contributed by atoms with van der Waals surface area (Å²) in [5.41, 5.74) is 9.17. The summed E-state index contributed by atoms with van der Waals surface area (Å²) in [5.74, 6) is -3.91. The van der Waals surface area contributed by atoms with E-state index in [4.69, 9.17) is 15.3 Å². The molecule has 10 heteroatoms. The van der Waals surface area contributed by atoms with Crippen molar-refractivity contribution in [3.63, 3.8) is 0 Å². The van der Waals surface area contributed by atoms with Crippen LogP contribution in [0.15, 0.2) is 0 Å². The van der Waals surface area contributed by atoms with Gasteiger partial charge >= 0.3 is 11.9 Å². The number of hydrogen-bond donors (Lipinski definition) is 6. The Hall–Kier alpha value is -1.91. The maximum absolute atomic E-state index is 9.74. The lowest BCUT2D eigenvalue weighted by Gasteiger charge is -2.13. The highest BCUT2D eigenvalue weighted by molar-refractivity contribution is 5.82. The van der Waals surface area contributed by atoms with E-state index in [2.05, 4.69) is 16.9 Å². The summed E-state index contributed by atoms with van der Waals surface area (Å²) in [4.78, 5) is 19.4. The summed E-state index contributed by atoms with van der Waals surface area (Å²) in [7, 11) is 0. The van der Waals surface area contributed by atoms with E-state index in [0.717, 1.165) is 0 Å². The van der Waals surface area contributed by atoms with Crippen LogP contribution in [-0.4, -0.2) is 50.9 Å². The molecule has 0 saturated heterocycles. The smallest absolute Gasteiger partial charge is 0.336 e. The summed E-state index contributed by atoms with van der Waals surface area (Å²) < 4.78 is 0. The molecular formula is C5H13N3O7. The minimum atomic E-state index is -2.38. The molecule has 0 heterocycles. The number of hydrogen-bond acceptors (Lipinski definition) is 5. The molecule has 0 bridgehead atoms. The van der Waals surface area contributed by atoms with E-state index in [1.165, 1.54) is 0 Å². The third-order valence-electron chi connectivity index (χ3n) is 0.794. The molecule has 0 amide bonds. The number of aliphatic carboxylic acids is 2. The zero-order chi connectivity index (χ0) is 11.9. The van der Waals surface area contributed by atoms with Crippen molar-refractivity contribution in [1.29, 1.82) is 0 Å². The number of carboxylic acid groups (broad SMARTS) is 2. The van der Waals surface area contributed by atoms with Crippen LogP contribution in [0.3, 0.4) is 0 Å². The maximum Gasteiger partial charge on any atom is 0.336 e. The molecule has 0 aromatic rings. The van der Waals surface area contributed by atoms with Gasteiger partial charge in [0.2, 0.25) is 0 Å². The van der Waals surface area contributed by atoms with E-state index in [-0.39, 0.29) is 11.4 Å². The first kappa shape index (κ1) is 18.8. The lowest BCUT2D eigenvalue weighted by molar-refractivity contribution is -0.318. The monoisotopic (exact) mass is 227 g/mol. The fraction of sp³-hybridized carbons (Fsp3) is 0.400. The molecule has 0 rings (SSSR count). The normalized spacial score (nSPS) is 12.1. The molecule has 2 atom stereocenters. The molecule has 0 aliphatic carbocycles. The Kier molecular flexibility index (Phi) is 10.9. The van der Waals surface area contributed by atoms with Gasteiger partial charge in [0.15, 0.2) is 6.10 Å². The van der Waals surface area contributed by atoms with Crippen LogP contribution in [0.25, 0.3) is 0 Å². The van der Waals surface area contributed by atoms with Crippen LogP contribution >= 0.6 is 0 Å². The average Bonchev–Trinajstić information content (AvgIpc) is 2.00. The van der Waals surface area contributed by atoms with Crippen molar-refractivity contribution in [2.45, 2.75) is 12.2 Å². The van der Waals surface area contributed by atoms with Gasteiger partial charge in [-0.05, 0) is 0 Å². The number of aliphatic hydroxyl groups excluding tert-OH is 2. The number of carbonyl (C=O) groups excluding carboxylic acids is 1. The molecule has 90 valence electrons. The largest absolute Gasteiger partial charge is 0.547 e. The number of rotatable bonds is 3. The van der Waals surface area contributed by atoms with Gasteiger partial charge in [0, 0.05) is 0 Å². The van der Waals surface area contributed by atoms with E-state index in [1.807, 2.05) is 0 Å². The highest BCUT2D eigenvalue weighted by atomic mass is 16.4. The Morgan fingerprint density at radius 3 is 1.53 bits per heavy atom. The summed E-state index contributed by atoms with van der Waals surface area (Å²) >= 11 is 0. The van der Waals surface area contributed by atoms with Crippen molar-refractivity contribution in [3.8, 4) is 0 Å². The van der Waals surface area contributed by atoms with E-state index < -0.39 is 24.1 Å². The first-order valence-corrected chi connectivity index (χ1v) is 3.13. The van der Waals surface area contributed by atoms with Crippen LogP contribution in [0.4, 0.5) is 0 Å². The number of carboxylic acids is 2. The van der Waals surface area contributed by atoms with Crippen molar-refractivity contribution >= 4 is 17.9 Å². The lowest BCUT2D eigenvalue weighted by Crippen LogP contribution is -2.51. The molecule has 0 aromatic heterocycles. The van der Waals surface area contributed by atoms with Crippen LogP contribution in [0.5, 0.6) is 0 Å². The molecule has 11 N–H and O–H groups in total. The second-order valence-corrected chi connectivity index (χ2v) is 2.05. The van der Waals surface area contributed by atoms with E-state index >= 15 is 0 Å². The van der Waals surface area contributed by atoms with Crippen LogP contribution < -0.4 is 22.0 Å². The fourth-order valence-electron chi connectivity index (χ4n) is 0.264. The quantitative estimate of drug-likeness (QED) is 0.200. The zero-order valence-electron chi connectivity index (χ0n) is 7.45. The van der Waals surface area contributed by atoms with Gasteiger partial charge < -0.3 is 30.7 Å². The predicted molar refractivity (Wildman–Crippen MR) is 43.6 cm³/mol. The third-order valence-corrected chi connectivity index (χ3v) is 0.794. The van der Waals surface area contributed by atoms with Gasteiger partial charge in [-0.2, -0.15) is 0 Å². The van der Waals surface area contributed by atoms with Gasteiger partial charge in [0.1, 0.15) is 6.10 Å². The minimum absolute atomic E-state index is 0. The molecule has 0 aromatic carbocycles. The summed E-state index contributed by atoms with van der Waals surface area (Å²) in [6, 6.07) is 0. The summed E-state index contributed by atoms with van der Waals surface area (Å²) in [6.45, 7) is 0. The topological polar surface area (TPSA) is 227 Å². The van der Waals surface area contributed by atoms with Crippen molar-refractivity contribution < 1.29 is 40.9 Å². The maximum atomic E-state index is 9.74. The molecule has 15 heavy (non-hydrogen) atoms. The Morgan fingerprint density at radius 1 is 1.20 bits per heavy atom. The number of guanidine groups is 1. The minimum Gasteiger partial charge on any atom is -0.547 e. The van der Waals surface area contributed by atoms with Gasteiger partial charge in [-0.25, -0.2) is 4.79 Å². The van der Waals surface area contributed by atoms with Gasteiger partial charge in [0.25, 0.3) is 0 Å². The number of carbonyl (C=O) groups is 2. The number of aliphatic hydroxyl groups is 2. The average molecular weight is 227 g/mol. The molecule has 0 unspecified atom stereocenters. The first-order valence-electron chi connectivity index (χ1n) is 3.13. The van der Waals surface area contributed by atoms with Crippen LogP contribution in [0, 0.1) is 0 Å². The van der Waals surface area contributed by atoms with Crippen LogP contribution in [-0.2, 0) is 9.59 Å². The van der Waals surface area contributed by atoms with Gasteiger partial charge in [0.05, 0.1) is 5.97 Å². The molecular weight excluding hydrogens is 214 g/mol. The molecule has 0 radical (unpaired) electrons. The molecule has 0 aliphatic rings. The Bertz CT molecular complexity index is 209. The SMILES string of the molecule is NC(N)=[NH2+].O.O=C([O-])[C@@H](O)[C@H](O)C(=O)O. The summed E-state index contributed by atoms with van der Waals surface area (Å²) in [6.07, 6.45) is -4.71. The third kappa shape index (κ3) is 12.1. The molecule has 10 nitrogen and oxygen atoms in total. The fourth-order valence-corrected chi connectivity index (χ4v) is 0.264. The van der Waals surface area contributed by atoms with E-state index in [9.17, 15) is 14.7 Å². The van der Waals surface area contributed by atoms with Gasteiger partial charge in [-0.15, -0.1) is 0 Å². The highest BCUT2D eigenvalue weighted by Crippen LogP contribution is 1.90. The molecule has 0 fully saturated rings. The Labute approximate surface area is 83.6 Å². The van der Waals surface area contributed by atoms with Gasteiger partial charge in [-0.1, -0.05) is 0 Å². The van der Waals surface area contributed by atoms with Crippen LogP contribution in [0.2, 0.25) is 0 Å². The first-order chi connectivity index (χ1) is 6.20. The van der Waals surface area contributed by atoms with Gasteiger partial charge in [-0.3, -0.25) is 16.9 Å². The molecule has 0 spiro atoms. The van der Waals surface area contributed by atoms with Crippen molar-refractivity contribution in [1.82, 2.24) is 0 Å². The predicted octanol–water partition coefficient (Wildman–Crippen LogP) is -7.26. The van der Waals surface area contributed by atoms with Crippen molar-refractivity contribution in [2.75, 3.05) is 0 Å². The highest BCUT2D eigenvalue weighted by Gasteiger charge is 2.23. The summed E-state index contributed by atoms with van der Waals surface area (Å²) in [5, 5.41) is 38.7. The van der Waals surface area contributed by atoms with Crippen molar-refractivity contribution in [2.24, 2.45) is 11.5 Å². The Morgan fingerprint density at radius 2 is 1.47 bits per heavy atom. The number of nitrogens with two attached hydrogens (primary N) is 3. The van der Waals surface area contributed by atoms with E-state index in [0.29, 0.717) is 0 Å². The zero-order valence-corrected chi connectivity index (χ0v) is 7.45. The van der Waals surface area contributed by atoms with Crippen molar-refractivity contribution in [3.05, 3.63) is 0 Å². The molecule has 0 saturated carbocycles. The molecule has 0 aliphatic heterocycles. The standard InChI is InChI=1S/C4H6O6.CH5N3.H2O/c5-1(3(7)8)2(6)4(9)10;2-1(3)4;/h1-2,5-6H,(H,7,8)(H,9,10);(H5,2,3,4);1H2/t1-,2-;;/m0../s1. The second kappa shape index (κ2) is 8.68. The van der Waals surface area contributed by atoms with Crippen LogP contribution in [0.1, 0.15) is 0 Å². The van der Waals surface area contributed by atoms with E-state index in [1.54, 1.807) is 0 Å². The second-order valence-electron chi connectivity index (χ2n) is 2.05. The Balaban J connectivity index is -0.000000249.